The number of amides is 2. The Bertz CT molecular complexity index is 441. The quantitative estimate of drug-likeness (QED) is 0.833. The largest absolute Gasteiger partial charge is 0.481 e. The van der Waals surface area contributed by atoms with Crippen LogP contribution < -0.4 is 5.32 Å². The minimum Gasteiger partial charge on any atom is -0.481 e. The minimum absolute atomic E-state index is 0.0643. The van der Waals surface area contributed by atoms with Gasteiger partial charge in [0.05, 0.1) is 6.42 Å². The number of nitrogens with one attached hydrogen (secondary N) is 1. The van der Waals surface area contributed by atoms with E-state index in [2.05, 4.69) is 14.7 Å². The Hall–Kier alpha value is -1.70. The molecule has 1 saturated heterocycles. The van der Waals surface area contributed by atoms with Crippen molar-refractivity contribution in [1.29, 1.82) is 0 Å². The topological polar surface area (TPSA) is 95.4 Å². The fourth-order valence-corrected chi connectivity index (χ4v) is 2.20. The molecule has 2 amide bonds. The number of aryl methyl sites for hydroxylation is 1. The van der Waals surface area contributed by atoms with Gasteiger partial charge in [-0.1, -0.05) is 0 Å². The molecular weight excluding hydrogens is 244 g/mol. The first-order valence-electron chi connectivity index (χ1n) is 5.12. The molecule has 0 unspecified atom stereocenters. The maximum Gasteiger partial charge on any atom is 0.323 e. The maximum atomic E-state index is 11.6. The number of rotatable bonds is 3. The summed E-state index contributed by atoms with van der Waals surface area (Å²) in [7, 11) is 0. The summed E-state index contributed by atoms with van der Waals surface area (Å²) < 4.78 is 3.95. The van der Waals surface area contributed by atoms with E-state index in [4.69, 9.17) is 5.11 Å². The number of nitrogens with zero attached hydrogens (tertiary/aromatic N) is 3. The summed E-state index contributed by atoms with van der Waals surface area (Å²) in [4.78, 5) is 27.7. The molecule has 2 rings (SSSR count). The summed E-state index contributed by atoms with van der Waals surface area (Å²) in [5, 5.41) is 11.7. The lowest BCUT2D eigenvalue weighted by atomic mass is 9.97. The zero-order valence-corrected chi connectivity index (χ0v) is 10.0. The first kappa shape index (κ1) is 11.8. The minimum atomic E-state index is -0.824. The van der Waals surface area contributed by atoms with Gasteiger partial charge in [-0.2, -0.15) is 4.37 Å². The molecule has 1 aliphatic heterocycles. The van der Waals surface area contributed by atoms with Crippen molar-refractivity contribution < 1.29 is 14.7 Å². The predicted molar refractivity (Wildman–Crippen MR) is 61.0 cm³/mol. The van der Waals surface area contributed by atoms with E-state index in [1.54, 1.807) is 11.8 Å². The van der Waals surface area contributed by atoms with E-state index < -0.39 is 5.97 Å². The van der Waals surface area contributed by atoms with Crippen LogP contribution in [0.1, 0.15) is 12.2 Å². The highest BCUT2D eigenvalue weighted by atomic mass is 32.1. The van der Waals surface area contributed by atoms with Crippen LogP contribution in [0.5, 0.6) is 0 Å². The molecule has 2 N–H and O–H groups in total. The number of anilines is 1. The lowest BCUT2D eigenvalue weighted by Gasteiger charge is -2.38. The number of carbonyl (C=O) groups is 2. The third-order valence-corrected chi connectivity index (χ3v) is 3.17. The summed E-state index contributed by atoms with van der Waals surface area (Å²) in [5.74, 6) is -0.137. The number of aromatic nitrogens is 2. The van der Waals surface area contributed by atoms with Crippen molar-refractivity contribution in [2.45, 2.75) is 13.3 Å². The second-order valence-corrected chi connectivity index (χ2v) is 4.70. The van der Waals surface area contributed by atoms with Crippen molar-refractivity contribution in [3.8, 4) is 0 Å². The van der Waals surface area contributed by atoms with E-state index >= 15 is 0 Å². The standard InChI is InChI=1S/C9H12N4O3S/c1-5-10-8(17-12-5)11-9(16)13-3-6(4-13)2-7(14)15/h6H,2-4H2,1H3,(H,14,15)(H,10,11,12,16). The van der Waals surface area contributed by atoms with Crippen LogP contribution in [0.3, 0.4) is 0 Å². The molecule has 1 aromatic rings. The molecule has 17 heavy (non-hydrogen) atoms. The average Bonchev–Trinajstić information content (AvgIpc) is 2.56. The van der Waals surface area contributed by atoms with Gasteiger partial charge in [0.15, 0.2) is 0 Å². The summed E-state index contributed by atoms with van der Waals surface area (Å²) in [6.07, 6.45) is 0.113. The van der Waals surface area contributed by atoms with Crippen molar-refractivity contribution in [2.24, 2.45) is 5.92 Å². The van der Waals surface area contributed by atoms with Crippen LogP contribution in [0, 0.1) is 12.8 Å². The van der Waals surface area contributed by atoms with Gasteiger partial charge >= 0.3 is 12.0 Å². The number of carboxylic acid groups (broad SMARTS) is 1. The number of urea groups is 1. The molecule has 8 heteroatoms. The lowest BCUT2D eigenvalue weighted by Crippen LogP contribution is -2.52. The van der Waals surface area contributed by atoms with Gasteiger partial charge < -0.3 is 10.0 Å². The van der Waals surface area contributed by atoms with Crippen LogP contribution in [-0.4, -0.2) is 44.5 Å². The molecule has 0 spiro atoms. The Labute approximate surface area is 102 Å². The first-order chi connectivity index (χ1) is 8.04. The number of carboxylic acids is 1. The molecule has 92 valence electrons. The maximum absolute atomic E-state index is 11.6. The molecular formula is C9H12N4O3S. The van der Waals surface area contributed by atoms with Crippen LogP contribution >= 0.6 is 11.5 Å². The van der Waals surface area contributed by atoms with Crippen molar-refractivity contribution in [3.05, 3.63) is 5.82 Å². The molecule has 0 saturated carbocycles. The molecule has 1 aliphatic rings. The monoisotopic (exact) mass is 256 g/mol. The molecule has 1 fully saturated rings. The average molecular weight is 256 g/mol. The van der Waals surface area contributed by atoms with Crippen LogP contribution in [0.4, 0.5) is 9.93 Å². The Kier molecular flexibility index (Phi) is 3.23. The second kappa shape index (κ2) is 4.66. The van der Waals surface area contributed by atoms with Crippen LogP contribution in [0.15, 0.2) is 0 Å². The Balaban J connectivity index is 1.78. The van der Waals surface area contributed by atoms with E-state index in [1.165, 1.54) is 0 Å². The van der Waals surface area contributed by atoms with Gasteiger partial charge in [-0.15, -0.1) is 0 Å². The van der Waals surface area contributed by atoms with Gasteiger partial charge in [-0.25, -0.2) is 9.78 Å². The van der Waals surface area contributed by atoms with Gasteiger partial charge in [0, 0.05) is 30.5 Å². The highest BCUT2D eigenvalue weighted by molar-refractivity contribution is 7.09. The molecule has 1 aromatic heterocycles. The summed E-state index contributed by atoms with van der Waals surface area (Å²) in [5.41, 5.74) is 0. The van der Waals surface area contributed by atoms with Gasteiger partial charge in [-0.05, 0) is 6.92 Å². The zero-order valence-electron chi connectivity index (χ0n) is 9.21. The molecule has 0 aromatic carbocycles. The summed E-state index contributed by atoms with van der Waals surface area (Å²) >= 11 is 1.13. The van der Waals surface area contributed by atoms with Crippen molar-refractivity contribution in [2.75, 3.05) is 18.4 Å². The van der Waals surface area contributed by atoms with E-state index in [1.807, 2.05) is 0 Å². The Morgan fingerprint density at radius 1 is 1.59 bits per heavy atom. The number of hydrogen-bond acceptors (Lipinski definition) is 5. The highest BCUT2D eigenvalue weighted by Gasteiger charge is 2.32. The van der Waals surface area contributed by atoms with Gasteiger partial charge in [0.25, 0.3) is 0 Å². The first-order valence-corrected chi connectivity index (χ1v) is 5.90. The van der Waals surface area contributed by atoms with E-state index in [9.17, 15) is 9.59 Å². The second-order valence-electron chi connectivity index (χ2n) is 3.95. The Morgan fingerprint density at radius 3 is 2.82 bits per heavy atom. The molecule has 2 heterocycles. The number of carbonyl (C=O) groups excluding carboxylic acids is 1. The van der Waals surface area contributed by atoms with E-state index in [0.29, 0.717) is 24.0 Å². The predicted octanol–water partition coefficient (Wildman–Crippen LogP) is 0.785. The van der Waals surface area contributed by atoms with Crippen molar-refractivity contribution in [3.63, 3.8) is 0 Å². The highest BCUT2D eigenvalue weighted by Crippen LogP contribution is 2.20. The number of hydrogen-bond donors (Lipinski definition) is 2. The van der Waals surface area contributed by atoms with Crippen LogP contribution in [0.2, 0.25) is 0 Å². The van der Waals surface area contributed by atoms with Crippen LogP contribution in [-0.2, 0) is 4.79 Å². The molecule has 0 bridgehead atoms. The SMILES string of the molecule is Cc1nsc(NC(=O)N2CC(CC(=O)O)C2)n1. The molecule has 7 nitrogen and oxygen atoms in total. The van der Waals surface area contributed by atoms with E-state index in [0.717, 1.165) is 11.5 Å². The summed E-state index contributed by atoms with van der Waals surface area (Å²) in [6.45, 7) is 2.71. The molecule has 0 atom stereocenters. The van der Waals surface area contributed by atoms with E-state index in [-0.39, 0.29) is 18.4 Å². The smallest absolute Gasteiger partial charge is 0.323 e. The van der Waals surface area contributed by atoms with Gasteiger partial charge in [0.1, 0.15) is 5.82 Å². The molecule has 0 radical (unpaired) electrons. The third-order valence-electron chi connectivity index (χ3n) is 2.45. The Morgan fingerprint density at radius 2 is 2.29 bits per heavy atom. The number of likely N-dealkylation sites (tertiary alicyclic amines) is 1. The molecule has 0 aliphatic carbocycles. The lowest BCUT2D eigenvalue weighted by molar-refractivity contribution is -0.139. The number of aliphatic carboxylic acids is 1. The van der Waals surface area contributed by atoms with Crippen LogP contribution in [0.25, 0.3) is 0 Å². The third kappa shape index (κ3) is 2.90. The fraction of sp³-hybridized carbons (Fsp3) is 0.556. The fourth-order valence-electron chi connectivity index (χ4n) is 1.63. The van der Waals surface area contributed by atoms with Gasteiger partial charge in [-0.3, -0.25) is 10.1 Å². The van der Waals surface area contributed by atoms with Crippen molar-refractivity contribution >= 4 is 28.7 Å². The zero-order chi connectivity index (χ0) is 12.4. The van der Waals surface area contributed by atoms with Crippen molar-refractivity contribution in [1.82, 2.24) is 14.3 Å². The normalized spacial score (nSPS) is 15.5. The summed E-state index contributed by atoms with van der Waals surface area (Å²) in [6, 6.07) is -0.247. The van der Waals surface area contributed by atoms with Gasteiger partial charge in [0.2, 0.25) is 5.13 Å².